The highest BCUT2D eigenvalue weighted by atomic mass is 35.5. The summed E-state index contributed by atoms with van der Waals surface area (Å²) >= 11 is 11.3. The van der Waals surface area contributed by atoms with Crippen molar-refractivity contribution >= 4 is 40.5 Å². The quantitative estimate of drug-likeness (QED) is 0.711. The first-order valence-electron chi connectivity index (χ1n) is 7.86. The molecule has 2 aromatic rings. The summed E-state index contributed by atoms with van der Waals surface area (Å²) in [5, 5.41) is 10.2. The predicted octanol–water partition coefficient (Wildman–Crippen LogP) is 4.08. The van der Waals surface area contributed by atoms with Crippen LogP contribution in [0.15, 0.2) is 59.8 Å². The monoisotopic (exact) mass is 371 g/mol. The van der Waals surface area contributed by atoms with Crippen molar-refractivity contribution in [1.29, 1.82) is 0 Å². The number of hydrogen-bond acceptors (Lipinski definition) is 2. The normalized spacial score (nSPS) is 16.9. The van der Waals surface area contributed by atoms with Gasteiger partial charge in [0.1, 0.15) is 0 Å². The first kappa shape index (κ1) is 17.5. The van der Waals surface area contributed by atoms with Crippen molar-refractivity contribution in [1.82, 2.24) is 10.6 Å². The molecule has 4 nitrogen and oxygen atoms in total. The van der Waals surface area contributed by atoms with E-state index in [0.717, 1.165) is 16.8 Å². The Bertz CT molecular complexity index is 878. The minimum atomic E-state index is -0.311. The number of rotatable bonds is 3. The zero-order valence-corrected chi connectivity index (χ0v) is 15.5. The zero-order chi connectivity index (χ0) is 18.0. The van der Waals surface area contributed by atoms with Crippen LogP contribution in [0, 0.1) is 6.92 Å². The molecule has 0 radical (unpaired) electrons. The van der Waals surface area contributed by atoms with Crippen molar-refractivity contribution < 1.29 is 4.79 Å². The van der Waals surface area contributed by atoms with Gasteiger partial charge in [-0.25, -0.2) is 0 Å². The molecule has 1 amide bonds. The molecule has 1 aliphatic rings. The summed E-state index contributed by atoms with van der Waals surface area (Å²) in [5.74, 6) is -0.199. The van der Waals surface area contributed by atoms with Crippen LogP contribution < -0.4 is 16.0 Å². The van der Waals surface area contributed by atoms with Gasteiger partial charge in [-0.1, -0.05) is 41.9 Å². The average Bonchev–Trinajstić information content (AvgIpc) is 2.54. The van der Waals surface area contributed by atoms with Crippen LogP contribution in [0.2, 0.25) is 5.02 Å². The molecule has 6 heteroatoms. The van der Waals surface area contributed by atoms with Gasteiger partial charge in [-0.15, -0.1) is 0 Å². The molecular weight excluding hydrogens is 354 g/mol. The lowest BCUT2D eigenvalue weighted by molar-refractivity contribution is -0.113. The number of aryl methyl sites for hydroxylation is 1. The van der Waals surface area contributed by atoms with Crippen LogP contribution in [0.4, 0.5) is 5.69 Å². The van der Waals surface area contributed by atoms with Gasteiger partial charge in [-0.2, -0.15) is 0 Å². The molecule has 0 aromatic heterocycles. The summed E-state index contributed by atoms with van der Waals surface area (Å²) in [6, 6.07) is 14.7. The number of carbonyl (C=O) groups is 1. The molecule has 1 heterocycles. The summed E-state index contributed by atoms with van der Waals surface area (Å²) < 4.78 is 0. The first-order valence-corrected chi connectivity index (χ1v) is 8.65. The fraction of sp³-hybridized carbons (Fsp3) is 0.158. The molecule has 0 bridgehead atoms. The van der Waals surface area contributed by atoms with E-state index in [-0.39, 0.29) is 11.9 Å². The lowest BCUT2D eigenvalue weighted by Gasteiger charge is -2.31. The minimum absolute atomic E-state index is 0.199. The summed E-state index contributed by atoms with van der Waals surface area (Å²) in [5.41, 5.74) is 4.08. The second kappa shape index (κ2) is 7.25. The molecule has 1 unspecified atom stereocenters. The van der Waals surface area contributed by atoms with Crippen molar-refractivity contribution in [3.63, 3.8) is 0 Å². The second-order valence-corrected chi connectivity index (χ2v) is 6.74. The smallest absolute Gasteiger partial charge is 0.255 e. The third kappa shape index (κ3) is 3.83. The van der Waals surface area contributed by atoms with Crippen LogP contribution >= 0.6 is 23.8 Å². The maximum atomic E-state index is 13.0. The van der Waals surface area contributed by atoms with Gasteiger partial charge < -0.3 is 16.0 Å². The second-order valence-electron chi connectivity index (χ2n) is 5.89. The fourth-order valence-electron chi connectivity index (χ4n) is 2.90. The molecule has 3 rings (SSSR count). The number of anilines is 1. The standard InChI is InChI=1S/C19H18ClN3OS/c1-11-6-3-4-9-15(11)17-16(12(2)21-19(25)23-17)18(24)22-14-8-5-7-13(20)10-14/h3-10,17H,1-2H3,(H,22,24)(H2,21,23,25). The molecule has 0 aliphatic carbocycles. The molecule has 0 spiro atoms. The van der Waals surface area contributed by atoms with E-state index < -0.39 is 0 Å². The SMILES string of the molecule is CC1=C(C(=O)Nc2cccc(Cl)c2)C(c2ccccc2C)NC(=S)N1. The molecule has 2 aromatic carbocycles. The van der Waals surface area contributed by atoms with Crippen LogP contribution in [-0.4, -0.2) is 11.0 Å². The van der Waals surface area contributed by atoms with Crippen LogP contribution in [0.1, 0.15) is 24.1 Å². The van der Waals surface area contributed by atoms with Gasteiger partial charge in [0.05, 0.1) is 11.6 Å². The van der Waals surface area contributed by atoms with E-state index in [9.17, 15) is 4.79 Å². The lowest BCUT2D eigenvalue weighted by atomic mass is 9.92. The molecule has 1 aliphatic heterocycles. The number of nitrogens with one attached hydrogen (secondary N) is 3. The van der Waals surface area contributed by atoms with Crippen molar-refractivity contribution in [2.75, 3.05) is 5.32 Å². The summed E-state index contributed by atoms with van der Waals surface area (Å²) in [7, 11) is 0. The van der Waals surface area contributed by atoms with Gasteiger partial charge in [0.25, 0.3) is 5.91 Å². The van der Waals surface area contributed by atoms with E-state index in [1.165, 1.54) is 0 Å². The average molecular weight is 372 g/mol. The Hall–Kier alpha value is -2.37. The predicted molar refractivity (Wildman–Crippen MR) is 106 cm³/mol. The van der Waals surface area contributed by atoms with Gasteiger partial charge in [-0.05, 0) is 55.4 Å². The topological polar surface area (TPSA) is 53.2 Å². The third-order valence-electron chi connectivity index (χ3n) is 4.10. The van der Waals surface area contributed by atoms with Crippen LogP contribution in [0.25, 0.3) is 0 Å². The Labute approximate surface area is 157 Å². The van der Waals surface area contributed by atoms with Crippen LogP contribution in [-0.2, 0) is 4.79 Å². The number of carbonyl (C=O) groups excluding carboxylic acids is 1. The Balaban J connectivity index is 1.97. The van der Waals surface area contributed by atoms with Gasteiger partial charge in [0, 0.05) is 16.4 Å². The maximum Gasteiger partial charge on any atom is 0.255 e. The number of thiocarbonyl (C=S) groups is 1. The van der Waals surface area contributed by atoms with Gasteiger partial charge in [0.2, 0.25) is 0 Å². The zero-order valence-electron chi connectivity index (χ0n) is 13.9. The number of amides is 1. The van der Waals surface area contributed by atoms with E-state index >= 15 is 0 Å². The number of hydrogen-bond donors (Lipinski definition) is 3. The van der Waals surface area contributed by atoms with Crippen LogP contribution in [0.5, 0.6) is 0 Å². The van der Waals surface area contributed by atoms with Crippen LogP contribution in [0.3, 0.4) is 0 Å². The molecule has 1 atom stereocenters. The molecule has 0 saturated heterocycles. The van der Waals surface area contributed by atoms with Gasteiger partial charge in [-0.3, -0.25) is 4.79 Å². The highest BCUT2D eigenvalue weighted by molar-refractivity contribution is 7.80. The van der Waals surface area contributed by atoms with Crippen molar-refractivity contribution in [2.24, 2.45) is 0 Å². The Morgan fingerprint density at radius 3 is 2.64 bits per heavy atom. The molecule has 25 heavy (non-hydrogen) atoms. The van der Waals surface area contributed by atoms with Crippen molar-refractivity contribution in [2.45, 2.75) is 19.9 Å². The number of benzene rings is 2. The van der Waals surface area contributed by atoms with Gasteiger partial charge >= 0.3 is 0 Å². The number of halogens is 1. The van der Waals surface area contributed by atoms with Crippen molar-refractivity contribution in [3.8, 4) is 0 Å². The summed E-state index contributed by atoms with van der Waals surface area (Å²) in [6.07, 6.45) is 0. The summed E-state index contributed by atoms with van der Waals surface area (Å²) in [4.78, 5) is 13.0. The van der Waals surface area contributed by atoms with E-state index in [0.29, 0.717) is 21.4 Å². The molecule has 0 fully saturated rings. The Kier molecular flexibility index (Phi) is 5.06. The third-order valence-corrected chi connectivity index (χ3v) is 4.55. The molecule has 0 saturated carbocycles. The molecule has 128 valence electrons. The molecular formula is C19H18ClN3OS. The fourth-order valence-corrected chi connectivity index (χ4v) is 3.36. The Morgan fingerprint density at radius 2 is 1.92 bits per heavy atom. The number of allylic oxidation sites excluding steroid dienone is 1. The van der Waals surface area contributed by atoms with E-state index in [2.05, 4.69) is 16.0 Å². The first-order chi connectivity index (χ1) is 12.0. The molecule has 3 N–H and O–H groups in total. The highest BCUT2D eigenvalue weighted by Gasteiger charge is 2.30. The minimum Gasteiger partial charge on any atom is -0.351 e. The van der Waals surface area contributed by atoms with E-state index in [1.807, 2.05) is 38.1 Å². The van der Waals surface area contributed by atoms with E-state index in [4.69, 9.17) is 23.8 Å². The van der Waals surface area contributed by atoms with E-state index in [1.54, 1.807) is 24.3 Å². The summed E-state index contributed by atoms with van der Waals surface area (Å²) in [6.45, 7) is 3.87. The largest absolute Gasteiger partial charge is 0.351 e. The maximum absolute atomic E-state index is 13.0. The van der Waals surface area contributed by atoms with Crippen molar-refractivity contribution in [3.05, 3.63) is 76.0 Å². The van der Waals surface area contributed by atoms with Gasteiger partial charge in [0.15, 0.2) is 5.11 Å². The lowest BCUT2D eigenvalue weighted by Crippen LogP contribution is -2.46. The Morgan fingerprint density at radius 1 is 1.16 bits per heavy atom. The highest BCUT2D eigenvalue weighted by Crippen LogP contribution is 2.30.